The van der Waals surface area contributed by atoms with E-state index < -0.39 is 40.5 Å². The van der Waals surface area contributed by atoms with E-state index in [1.807, 2.05) is 0 Å². The van der Waals surface area contributed by atoms with Crippen molar-refractivity contribution in [3.63, 3.8) is 0 Å². The number of carboxylic acid groups (broad SMARTS) is 3. The average molecular weight is 371 g/mol. The summed E-state index contributed by atoms with van der Waals surface area (Å²) in [7, 11) is 0. The maximum absolute atomic E-state index is 11.6. The van der Waals surface area contributed by atoms with E-state index in [0.29, 0.717) is 6.42 Å². The quantitative estimate of drug-likeness (QED) is 0.357. The molecule has 0 aliphatic heterocycles. The Morgan fingerprint density at radius 3 is 1.77 bits per heavy atom. The number of carbonyl (C=O) groups is 3. The highest BCUT2D eigenvalue weighted by molar-refractivity contribution is 5.77. The second kappa shape index (κ2) is 11.7. The highest BCUT2D eigenvalue weighted by atomic mass is 16.4. The normalized spacial score (nSPS) is 17.4. The molecule has 0 aliphatic carbocycles. The standard InChI is InChI=1S/C19H33NO6/c1-5-6-7-8-9-10-11-12-13-20(14(2)17(21)22,15(3)18(23)24)16(4)19(25)26/h12-16H,5-11H2,1-4H3,(H2-,21,22,23,24,25,26)/b13-12+. The van der Waals surface area contributed by atoms with Crippen LogP contribution in [0.25, 0.3) is 0 Å². The highest BCUT2D eigenvalue weighted by Crippen LogP contribution is 2.27. The van der Waals surface area contributed by atoms with Crippen LogP contribution < -0.4 is 5.11 Å². The third-order valence-corrected chi connectivity index (χ3v) is 5.16. The van der Waals surface area contributed by atoms with Gasteiger partial charge in [0, 0.05) is 0 Å². The minimum absolute atomic E-state index is 0.643. The first-order chi connectivity index (χ1) is 12.1. The van der Waals surface area contributed by atoms with E-state index in [9.17, 15) is 29.7 Å². The number of unbranched alkanes of at least 4 members (excludes halogenated alkanes) is 6. The van der Waals surface area contributed by atoms with Gasteiger partial charge in [0.1, 0.15) is 6.04 Å². The van der Waals surface area contributed by atoms with Gasteiger partial charge in [0.25, 0.3) is 0 Å². The zero-order valence-corrected chi connectivity index (χ0v) is 16.3. The molecule has 0 radical (unpaired) electrons. The molecule has 0 aromatic carbocycles. The Morgan fingerprint density at radius 2 is 1.35 bits per heavy atom. The van der Waals surface area contributed by atoms with Gasteiger partial charge in [-0.05, 0) is 39.7 Å². The molecule has 3 atom stereocenters. The fourth-order valence-corrected chi connectivity index (χ4v) is 3.26. The largest absolute Gasteiger partial charge is 0.544 e. The van der Waals surface area contributed by atoms with E-state index >= 15 is 0 Å². The smallest absolute Gasteiger partial charge is 0.362 e. The predicted molar refractivity (Wildman–Crippen MR) is 96.1 cm³/mol. The number of allylic oxidation sites excluding steroid dienone is 1. The lowest BCUT2D eigenvalue weighted by Crippen LogP contribution is -2.68. The fraction of sp³-hybridized carbons (Fsp3) is 0.737. The molecule has 0 heterocycles. The molecule has 7 heteroatoms. The summed E-state index contributed by atoms with van der Waals surface area (Å²) in [5.74, 6) is -3.98. The topological polar surface area (TPSA) is 115 Å². The van der Waals surface area contributed by atoms with Gasteiger partial charge in [-0.15, -0.1) is 0 Å². The van der Waals surface area contributed by atoms with Crippen LogP contribution in [0.4, 0.5) is 0 Å². The van der Waals surface area contributed by atoms with E-state index in [0.717, 1.165) is 19.3 Å². The van der Waals surface area contributed by atoms with Crippen molar-refractivity contribution < 1.29 is 34.2 Å². The summed E-state index contributed by atoms with van der Waals surface area (Å²) in [6.07, 6.45) is 10.4. The fourth-order valence-electron chi connectivity index (χ4n) is 3.26. The van der Waals surface area contributed by atoms with Crippen LogP contribution in [-0.4, -0.2) is 50.7 Å². The van der Waals surface area contributed by atoms with Gasteiger partial charge < -0.3 is 20.1 Å². The molecule has 0 spiro atoms. The number of aliphatic carboxylic acids is 3. The number of carbonyl (C=O) groups excluding carboxylic acids is 1. The van der Waals surface area contributed by atoms with Crippen LogP contribution in [0.2, 0.25) is 0 Å². The Hall–Kier alpha value is -1.89. The Balaban J connectivity index is 5.41. The van der Waals surface area contributed by atoms with Gasteiger partial charge in [-0.2, -0.15) is 0 Å². The SMILES string of the molecule is CCCCCCCC/C=C/[N+](C(C)C(=O)[O-])(C(C)C(=O)O)C(C)C(=O)O. The predicted octanol–water partition coefficient (Wildman–Crippen LogP) is 2.15. The molecule has 2 N–H and O–H groups in total. The summed E-state index contributed by atoms with van der Waals surface area (Å²) in [5, 5.41) is 30.4. The lowest BCUT2D eigenvalue weighted by Gasteiger charge is -2.46. The van der Waals surface area contributed by atoms with Crippen LogP contribution in [0, 0.1) is 0 Å². The lowest BCUT2D eigenvalue weighted by molar-refractivity contribution is -0.923. The van der Waals surface area contributed by atoms with Gasteiger partial charge in [0.2, 0.25) is 0 Å². The summed E-state index contributed by atoms with van der Waals surface area (Å²) < 4.78 is -0.719. The Kier molecular flexibility index (Phi) is 10.8. The molecule has 0 saturated heterocycles. The molecule has 26 heavy (non-hydrogen) atoms. The van der Waals surface area contributed by atoms with Crippen molar-refractivity contribution >= 4 is 17.9 Å². The molecule has 0 bridgehead atoms. The van der Waals surface area contributed by atoms with Gasteiger partial charge in [-0.1, -0.05) is 39.0 Å². The molecule has 150 valence electrons. The first-order valence-electron chi connectivity index (χ1n) is 9.34. The van der Waals surface area contributed by atoms with Crippen LogP contribution in [-0.2, 0) is 14.4 Å². The van der Waals surface area contributed by atoms with E-state index in [-0.39, 0.29) is 0 Å². The van der Waals surface area contributed by atoms with Crippen molar-refractivity contribution in [1.29, 1.82) is 0 Å². The van der Waals surface area contributed by atoms with Crippen molar-refractivity contribution in [2.75, 3.05) is 0 Å². The molecule has 0 rings (SSSR count). The molecule has 3 unspecified atom stereocenters. The second-order valence-corrected chi connectivity index (χ2v) is 6.86. The van der Waals surface area contributed by atoms with Crippen LogP contribution in [0.15, 0.2) is 12.3 Å². The first-order valence-corrected chi connectivity index (χ1v) is 9.34. The summed E-state index contributed by atoms with van der Waals surface area (Å²) in [5.41, 5.74) is 0. The summed E-state index contributed by atoms with van der Waals surface area (Å²) >= 11 is 0. The van der Waals surface area contributed by atoms with Crippen molar-refractivity contribution in [3.05, 3.63) is 12.3 Å². The molecule has 0 fully saturated rings. The van der Waals surface area contributed by atoms with E-state index in [4.69, 9.17) is 0 Å². The van der Waals surface area contributed by atoms with Gasteiger partial charge in [0.05, 0.1) is 12.2 Å². The van der Waals surface area contributed by atoms with Gasteiger partial charge in [-0.3, -0.25) is 4.48 Å². The van der Waals surface area contributed by atoms with E-state index in [1.165, 1.54) is 46.2 Å². The Bertz CT molecular complexity index is 452. The van der Waals surface area contributed by atoms with Gasteiger partial charge in [0.15, 0.2) is 12.1 Å². The molecule has 0 aromatic heterocycles. The summed E-state index contributed by atoms with van der Waals surface area (Å²) in [4.78, 5) is 34.6. The molecule has 0 saturated carbocycles. The zero-order valence-electron chi connectivity index (χ0n) is 16.3. The second-order valence-electron chi connectivity index (χ2n) is 6.86. The number of hydrogen-bond donors (Lipinski definition) is 2. The maximum atomic E-state index is 11.6. The number of hydrogen-bond acceptors (Lipinski definition) is 4. The van der Waals surface area contributed by atoms with E-state index in [1.54, 1.807) is 6.08 Å². The molecular weight excluding hydrogens is 338 g/mol. The maximum Gasteiger partial charge on any atom is 0.362 e. The van der Waals surface area contributed by atoms with Crippen LogP contribution in [0.1, 0.15) is 72.6 Å². The molecule has 7 nitrogen and oxygen atoms in total. The van der Waals surface area contributed by atoms with Crippen LogP contribution in [0.3, 0.4) is 0 Å². The van der Waals surface area contributed by atoms with Gasteiger partial charge in [-0.25, -0.2) is 9.59 Å². The molecule has 0 amide bonds. The van der Waals surface area contributed by atoms with Crippen molar-refractivity contribution in [2.24, 2.45) is 0 Å². The minimum Gasteiger partial charge on any atom is -0.544 e. The number of nitrogens with zero attached hydrogens (tertiary/aromatic N) is 1. The minimum atomic E-state index is -1.48. The molecule has 0 aliphatic rings. The Morgan fingerprint density at radius 1 is 0.885 bits per heavy atom. The van der Waals surface area contributed by atoms with Gasteiger partial charge >= 0.3 is 11.9 Å². The average Bonchev–Trinajstić information content (AvgIpc) is 2.58. The molecular formula is C19H33NO6. The molecule has 0 aromatic rings. The monoisotopic (exact) mass is 371 g/mol. The Labute approximate surface area is 155 Å². The van der Waals surface area contributed by atoms with Crippen molar-refractivity contribution in [2.45, 2.75) is 90.8 Å². The lowest BCUT2D eigenvalue weighted by atomic mass is 10.0. The zero-order chi connectivity index (χ0) is 20.3. The number of carboxylic acids is 3. The van der Waals surface area contributed by atoms with Crippen molar-refractivity contribution in [1.82, 2.24) is 0 Å². The highest BCUT2D eigenvalue weighted by Gasteiger charge is 2.49. The van der Waals surface area contributed by atoms with E-state index in [2.05, 4.69) is 6.92 Å². The first kappa shape index (κ1) is 24.1. The third kappa shape index (κ3) is 6.44. The van der Waals surface area contributed by atoms with Crippen molar-refractivity contribution in [3.8, 4) is 0 Å². The summed E-state index contributed by atoms with van der Waals surface area (Å²) in [6, 6.07) is -3.79. The third-order valence-electron chi connectivity index (χ3n) is 5.16. The summed E-state index contributed by atoms with van der Waals surface area (Å²) in [6.45, 7) is 6.10. The van der Waals surface area contributed by atoms with Crippen LogP contribution >= 0.6 is 0 Å². The van der Waals surface area contributed by atoms with Crippen LogP contribution in [0.5, 0.6) is 0 Å². The number of rotatable bonds is 14. The number of quaternary nitrogens is 1.